The maximum absolute atomic E-state index is 14.5. The van der Waals surface area contributed by atoms with Crippen molar-refractivity contribution >= 4 is 5.91 Å². The Hall–Kier alpha value is -3.58. The van der Waals surface area contributed by atoms with Gasteiger partial charge in [-0.1, -0.05) is 6.92 Å². The Bertz CT molecular complexity index is 1230. The zero-order chi connectivity index (χ0) is 26.3. The summed E-state index contributed by atoms with van der Waals surface area (Å²) < 4.78 is 81.9. The first kappa shape index (κ1) is 25.5. The third-order valence-corrected chi connectivity index (χ3v) is 5.93. The number of halogens is 6. The molecule has 0 aliphatic carbocycles. The number of carbonyl (C=O) groups is 1. The third kappa shape index (κ3) is 5.46. The summed E-state index contributed by atoms with van der Waals surface area (Å²) in [6.45, 7) is 0.711. The lowest BCUT2D eigenvalue weighted by Crippen LogP contribution is -2.55. The molecule has 1 aliphatic rings. The van der Waals surface area contributed by atoms with Crippen molar-refractivity contribution in [1.29, 1.82) is 0 Å². The molecule has 3 aromatic rings. The number of nitrogens with zero attached hydrogens (tertiary/aromatic N) is 7. The van der Waals surface area contributed by atoms with Gasteiger partial charge in [0.2, 0.25) is 0 Å². The Kier molecular flexibility index (Phi) is 6.71. The van der Waals surface area contributed by atoms with E-state index in [1.807, 2.05) is 0 Å². The molecule has 192 valence electrons. The molecule has 3 aromatic heterocycles. The van der Waals surface area contributed by atoms with Crippen molar-refractivity contribution < 1.29 is 31.1 Å². The summed E-state index contributed by atoms with van der Waals surface area (Å²) >= 11 is 0. The number of amides is 1. The summed E-state index contributed by atoms with van der Waals surface area (Å²) in [5, 5.41) is 4.12. The van der Waals surface area contributed by atoms with Crippen molar-refractivity contribution in [3.63, 3.8) is 0 Å². The quantitative estimate of drug-likeness (QED) is 0.480. The van der Waals surface area contributed by atoms with E-state index in [4.69, 9.17) is 0 Å². The number of hydrogen-bond donors (Lipinski definition) is 0. The molecule has 0 N–H and O–H groups in total. The first-order valence-corrected chi connectivity index (χ1v) is 10.9. The number of rotatable bonds is 5. The smallest absolute Gasteiger partial charge is 0.328 e. The highest BCUT2D eigenvalue weighted by Gasteiger charge is 2.46. The Morgan fingerprint density at radius 1 is 1.11 bits per heavy atom. The van der Waals surface area contributed by atoms with Crippen molar-refractivity contribution in [3.8, 4) is 11.4 Å². The fourth-order valence-corrected chi connectivity index (χ4v) is 4.31. The molecule has 4 heterocycles. The molecule has 8 nitrogen and oxygen atoms in total. The van der Waals surface area contributed by atoms with Gasteiger partial charge in [0.15, 0.2) is 17.3 Å². The predicted molar refractivity (Wildman–Crippen MR) is 113 cm³/mol. The van der Waals surface area contributed by atoms with Gasteiger partial charge in [0.25, 0.3) is 11.8 Å². The van der Waals surface area contributed by atoms with Gasteiger partial charge in [0.05, 0.1) is 30.1 Å². The molecule has 2 atom stereocenters. The summed E-state index contributed by atoms with van der Waals surface area (Å²) in [6, 6.07) is -0.688. The number of likely N-dealkylation sites (tertiary alicyclic amines) is 1. The van der Waals surface area contributed by atoms with Gasteiger partial charge in [-0.2, -0.15) is 18.3 Å². The molecule has 1 aliphatic heterocycles. The van der Waals surface area contributed by atoms with Gasteiger partial charge < -0.3 is 4.90 Å². The summed E-state index contributed by atoms with van der Waals surface area (Å²) in [6.07, 6.45) is -0.273. The Labute approximate surface area is 201 Å². The van der Waals surface area contributed by atoms with Gasteiger partial charge in [-0.05, 0) is 12.3 Å². The summed E-state index contributed by atoms with van der Waals surface area (Å²) in [5.41, 5.74) is -1.03. The highest BCUT2D eigenvalue weighted by Crippen LogP contribution is 2.37. The van der Waals surface area contributed by atoms with E-state index in [-0.39, 0.29) is 35.7 Å². The zero-order valence-electron chi connectivity index (χ0n) is 19.2. The average molecular weight is 513 g/mol. The van der Waals surface area contributed by atoms with Crippen LogP contribution in [0.25, 0.3) is 11.4 Å². The van der Waals surface area contributed by atoms with Crippen LogP contribution in [0, 0.1) is 11.7 Å². The van der Waals surface area contributed by atoms with Crippen LogP contribution >= 0.6 is 0 Å². The van der Waals surface area contributed by atoms with Crippen molar-refractivity contribution in [3.05, 3.63) is 53.9 Å². The van der Waals surface area contributed by atoms with Crippen LogP contribution in [0.2, 0.25) is 0 Å². The summed E-state index contributed by atoms with van der Waals surface area (Å²) in [4.78, 5) is 29.7. The predicted octanol–water partition coefficient (Wildman–Crippen LogP) is 3.94. The lowest BCUT2D eigenvalue weighted by atomic mass is 9.85. The van der Waals surface area contributed by atoms with E-state index in [1.54, 1.807) is 6.92 Å². The number of aromatic nitrogens is 6. The van der Waals surface area contributed by atoms with E-state index in [9.17, 15) is 31.1 Å². The Balaban J connectivity index is 1.60. The maximum Gasteiger partial charge on any atom is 0.419 e. The second kappa shape index (κ2) is 9.47. The molecule has 0 radical (unpaired) electrons. The highest BCUT2D eigenvalue weighted by molar-refractivity contribution is 5.98. The van der Waals surface area contributed by atoms with Crippen LogP contribution in [0.3, 0.4) is 0 Å². The first-order chi connectivity index (χ1) is 16.8. The second-order valence-corrected chi connectivity index (χ2v) is 8.75. The van der Waals surface area contributed by atoms with Crippen LogP contribution in [0.4, 0.5) is 26.3 Å². The van der Waals surface area contributed by atoms with Crippen LogP contribution in [0.5, 0.6) is 0 Å². The lowest BCUT2D eigenvalue weighted by Gasteiger charge is -2.43. The van der Waals surface area contributed by atoms with Crippen LogP contribution in [0.1, 0.15) is 41.6 Å². The SMILES string of the molecule is C[C@@H]1CC(F)(F)CN(C(=O)c2nn(C)cc2-c2ncc(F)cn2)[C@@H]1CCc1ncc(C(F)(F)F)cn1. The zero-order valence-corrected chi connectivity index (χ0v) is 19.2. The van der Waals surface area contributed by atoms with Gasteiger partial charge in [-0.15, -0.1) is 0 Å². The van der Waals surface area contributed by atoms with Crippen LogP contribution in [0.15, 0.2) is 31.0 Å². The van der Waals surface area contributed by atoms with E-state index < -0.39 is 54.3 Å². The summed E-state index contributed by atoms with van der Waals surface area (Å²) in [7, 11) is 1.52. The van der Waals surface area contributed by atoms with Crippen molar-refractivity contribution in [2.45, 2.75) is 44.3 Å². The maximum atomic E-state index is 14.5. The van der Waals surface area contributed by atoms with E-state index in [1.165, 1.54) is 17.9 Å². The molecule has 36 heavy (non-hydrogen) atoms. The van der Waals surface area contributed by atoms with Gasteiger partial charge in [0.1, 0.15) is 5.82 Å². The van der Waals surface area contributed by atoms with Crippen LogP contribution in [-0.4, -0.2) is 59.0 Å². The average Bonchev–Trinajstić information content (AvgIpc) is 3.19. The van der Waals surface area contributed by atoms with Gasteiger partial charge in [-0.25, -0.2) is 33.1 Å². The molecule has 0 bridgehead atoms. The van der Waals surface area contributed by atoms with E-state index >= 15 is 0 Å². The van der Waals surface area contributed by atoms with Gasteiger partial charge in [0, 0.05) is 44.5 Å². The molecule has 4 rings (SSSR count). The molecular formula is C22H21F6N7O. The van der Waals surface area contributed by atoms with Crippen molar-refractivity contribution in [2.75, 3.05) is 6.54 Å². The molecular weight excluding hydrogens is 492 g/mol. The van der Waals surface area contributed by atoms with E-state index in [0.29, 0.717) is 12.4 Å². The molecule has 0 saturated carbocycles. The minimum atomic E-state index is -4.58. The van der Waals surface area contributed by atoms with Gasteiger partial charge >= 0.3 is 6.18 Å². The number of alkyl halides is 5. The molecule has 0 aromatic carbocycles. The number of piperidine rings is 1. The molecule has 1 fully saturated rings. The number of hydrogen-bond acceptors (Lipinski definition) is 6. The van der Waals surface area contributed by atoms with Gasteiger partial charge in [-0.3, -0.25) is 9.48 Å². The van der Waals surface area contributed by atoms with Crippen molar-refractivity contribution in [1.82, 2.24) is 34.6 Å². The molecule has 0 spiro atoms. The third-order valence-electron chi connectivity index (χ3n) is 5.93. The van der Waals surface area contributed by atoms with E-state index in [2.05, 4.69) is 25.0 Å². The van der Waals surface area contributed by atoms with Crippen LogP contribution in [-0.2, 0) is 19.6 Å². The minimum Gasteiger partial charge on any atom is -0.328 e. The molecule has 1 amide bonds. The molecule has 0 unspecified atom stereocenters. The Morgan fingerprint density at radius 3 is 2.36 bits per heavy atom. The van der Waals surface area contributed by atoms with E-state index in [0.717, 1.165) is 17.3 Å². The number of aryl methyl sites for hydroxylation is 2. The minimum absolute atomic E-state index is 0.000581. The number of carbonyl (C=O) groups excluding carboxylic acids is 1. The standard InChI is InChI=1S/C22H21F6N7O/c1-12-5-21(24,25)11-35(16(12)3-4-17-29-6-13(7-30-17)22(26,27)28)20(36)18-15(10-34(2)33-18)19-31-8-14(23)9-32-19/h6-10,12,16H,3-5,11H2,1-2H3/t12-,16-/m1/s1. The second-order valence-electron chi connectivity index (χ2n) is 8.75. The van der Waals surface area contributed by atoms with Crippen molar-refractivity contribution in [2.24, 2.45) is 13.0 Å². The fraction of sp³-hybridized carbons (Fsp3) is 0.455. The monoisotopic (exact) mass is 513 g/mol. The van der Waals surface area contributed by atoms with Crippen LogP contribution < -0.4 is 0 Å². The topological polar surface area (TPSA) is 89.7 Å². The largest absolute Gasteiger partial charge is 0.419 e. The highest BCUT2D eigenvalue weighted by atomic mass is 19.4. The lowest BCUT2D eigenvalue weighted by molar-refractivity contribution is -0.138. The molecule has 14 heteroatoms. The summed E-state index contributed by atoms with van der Waals surface area (Å²) in [5.74, 6) is -5.18. The molecule has 1 saturated heterocycles. The first-order valence-electron chi connectivity index (χ1n) is 10.9. The fourth-order valence-electron chi connectivity index (χ4n) is 4.31. The normalized spacial score (nSPS) is 19.9. The Morgan fingerprint density at radius 2 is 1.75 bits per heavy atom.